The molecule has 1 aliphatic rings. The summed E-state index contributed by atoms with van der Waals surface area (Å²) >= 11 is 12.1. The van der Waals surface area contributed by atoms with Gasteiger partial charge in [-0.2, -0.15) is 0 Å². The maximum Gasteiger partial charge on any atom is 0.100 e. The van der Waals surface area contributed by atoms with Crippen LogP contribution in [0.15, 0.2) is 18.2 Å². The summed E-state index contributed by atoms with van der Waals surface area (Å²) < 4.78 is 0. The van der Waals surface area contributed by atoms with Gasteiger partial charge in [-0.15, -0.1) is 0 Å². The van der Waals surface area contributed by atoms with Crippen molar-refractivity contribution >= 4 is 34.7 Å². The number of nitrogens with one attached hydrogen (secondary N) is 1. The van der Waals surface area contributed by atoms with Crippen LogP contribution in [0.3, 0.4) is 0 Å². The molecule has 0 aliphatic carbocycles. The van der Waals surface area contributed by atoms with E-state index in [1.807, 2.05) is 11.0 Å². The topological polar surface area (TPSA) is 27.1 Å². The van der Waals surface area contributed by atoms with Crippen molar-refractivity contribution in [3.8, 4) is 0 Å². The smallest absolute Gasteiger partial charge is 0.100 e. The van der Waals surface area contributed by atoms with Crippen molar-refractivity contribution in [1.29, 1.82) is 5.41 Å². The van der Waals surface area contributed by atoms with Gasteiger partial charge in [-0.05, 0) is 18.6 Å². The van der Waals surface area contributed by atoms with Gasteiger partial charge in [0.25, 0.3) is 0 Å². The lowest BCUT2D eigenvalue weighted by atomic mass is 10.3. The van der Waals surface area contributed by atoms with Crippen LogP contribution in [0.2, 0.25) is 10.0 Å². The average Bonchev–Trinajstić information content (AvgIpc) is 2.52. The minimum Gasteiger partial charge on any atom is -0.328 e. The van der Waals surface area contributed by atoms with Crippen LogP contribution in [0.25, 0.3) is 0 Å². The van der Waals surface area contributed by atoms with E-state index in [9.17, 15) is 0 Å². The number of anilines is 1. The van der Waals surface area contributed by atoms with Crippen LogP contribution in [0, 0.1) is 5.41 Å². The molecule has 1 saturated heterocycles. The molecule has 2 rings (SSSR count). The highest BCUT2D eigenvalue weighted by molar-refractivity contribution is 6.40. The van der Waals surface area contributed by atoms with Crippen molar-refractivity contribution in [2.24, 2.45) is 0 Å². The minimum atomic E-state index is 0.597. The number of hydrogen-bond donors (Lipinski definition) is 1. The van der Waals surface area contributed by atoms with Crippen LogP contribution in [0.5, 0.6) is 0 Å². The molecule has 0 atom stereocenters. The lowest BCUT2D eigenvalue weighted by Gasteiger charge is -2.20. The molecule has 0 radical (unpaired) electrons. The molecule has 1 aromatic carbocycles. The monoisotopic (exact) mass is 228 g/mol. The third-order valence-corrected chi connectivity index (χ3v) is 2.94. The Labute approximate surface area is 92.9 Å². The van der Waals surface area contributed by atoms with Gasteiger partial charge in [0.1, 0.15) is 5.84 Å². The maximum atomic E-state index is 7.75. The molecule has 4 heteroatoms. The Hall–Kier alpha value is -0.730. The minimum absolute atomic E-state index is 0.597. The van der Waals surface area contributed by atoms with E-state index in [0.717, 1.165) is 25.1 Å². The average molecular weight is 229 g/mol. The lowest BCUT2D eigenvalue weighted by Crippen LogP contribution is -2.23. The number of amidine groups is 1. The first-order valence-corrected chi connectivity index (χ1v) is 5.24. The van der Waals surface area contributed by atoms with Crippen LogP contribution in [-0.4, -0.2) is 12.4 Å². The van der Waals surface area contributed by atoms with Gasteiger partial charge in [0.15, 0.2) is 0 Å². The quantitative estimate of drug-likeness (QED) is 0.782. The molecule has 0 aromatic heterocycles. The van der Waals surface area contributed by atoms with Crippen molar-refractivity contribution in [2.75, 3.05) is 11.4 Å². The predicted molar refractivity (Wildman–Crippen MR) is 60.8 cm³/mol. The van der Waals surface area contributed by atoms with Crippen molar-refractivity contribution < 1.29 is 0 Å². The molecule has 14 heavy (non-hydrogen) atoms. The van der Waals surface area contributed by atoms with E-state index in [1.54, 1.807) is 12.1 Å². The molecule has 0 unspecified atom stereocenters. The van der Waals surface area contributed by atoms with Crippen LogP contribution >= 0.6 is 23.2 Å². The number of rotatable bonds is 1. The molecule has 1 heterocycles. The Morgan fingerprint density at radius 1 is 1.21 bits per heavy atom. The maximum absolute atomic E-state index is 7.75. The Bertz CT molecular complexity index is 356. The molecule has 0 bridgehead atoms. The molecule has 0 saturated carbocycles. The molecular weight excluding hydrogens is 219 g/mol. The zero-order valence-electron chi connectivity index (χ0n) is 7.56. The SMILES string of the molecule is N=C1CCCN1c1c(Cl)cccc1Cl. The number of para-hydroxylation sites is 1. The summed E-state index contributed by atoms with van der Waals surface area (Å²) in [5.74, 6) is 0.597. The highest BCUT2D eigenvalue weighted by Gasteiger charge is 2.22. The van der Waals surface area contributed by atoms with E-state index in [4.69, 9.17) is 28.6 Å². The third kappa shape index (κ3) is 1.60. The standard InChI is InChI=1S/C10H10Cl2N2/c11-7-3-1-4-8(12)10(7)14-6-2-5-9(14)13/h1,3-4,13H,2,5-6H2. The fraction of sp³-hybridized carbons (Fsp3) is 0.300. The second kappa shape index (κ2) is 3.79. The van der Waals surface area contributed by atoms with Gasteiger partial charge < -0.3 is 4.90 Å². The molecule has 1 aromatic rings. The van der Waals surface area contributed by atoms with Gasteiger partial charge in [-0.3, -0.25) is 5.41 Å². The van der Waals surface area contributed by atoms with Crippen molar-refractivity contribution in [3.63, 3.8) is 0 Å². The number of benzene rings is 1. The van der Waals surface area contributed by atoms with E-state index in [0.29, 0.717) is 15.9 Å². The Morgan fingerprint density at radius 3 is 2.36 bits per heavy atom. The molecular formula is C10H10Cl2N2. The number of nitrogens with zero attached hydrogens (tertiary/aromatic N) is 1. The zero-order chi connectivity index (χ0) is 10.1. The van der Waals surface area contributed by atoms with E-state index >= 15 is 0 Å². The van der Waals surface area contributed by atoms with Crippen LogP contribution in [0.4, 0.5) is 5.69 Å². The molecule has 0 spiro atoms. The van der Waals surface area contributed by atoms with Gasteiger partial charge in [0.2, 0.25) is 0 Å². The Morgan fingerprint density at radius 2 is 1.86 bits per heavy atom. The van der Waals surface area contributed by atoms with Gasteiger partial charge in [-0.1, -0.05) is 29.3 Å². The fourth-order valence-corrected chi connectivity index (χ4v) is 2.27. The van der Waals surface area contributed by atoms with Gasteiger partial charge in [0, 0.05) is 13.0 Å². The molecule has 0 amide bonds. The third-order valence-electron chi connectivity index (χ3n) is 2.33. The summed E-state index contributed by atoms with van der Waals surface area (Å²) in [6.45, 7) is 0.836. The van der Waals surface area contributed by atoms with E-state index in [2.05, 4.69) is 0 Å². The highest BCUT2D eigenvalue weighted by atomic mass is 35.5. The lowest BCUT2D eigenvalue weighted by molar-refractivity contribution is 0.957. The van der Waals surface area contributed by atoms with Gasteiger partial charge in [-0.25, -0.2) is 0 Å². The van der Waals surface area contributed by atoms with Gasteiger partial charge >= 0.3 is 0 Å². The normalized spacial score (nSPS) is 16.4. The van der Waals surface area contributed by atoms with Crippen molar-refractivity contribution in [1.82, 2.24) is 0 Å². The molecule has 1 fully saturated rings. The van der Waals surface area contributed by atoms with Crippen molar-refractivity contribution in [2.45, 2.75) is 12.8 Å². The first-order chi connectivity index (χ1) is 6.70. The number of hydrogen-bond acceptors (Lipinski definition) is 1. The number of halogens is 2. The summed E-state index contributed by atoms with van der Waals surface area (Å²) in [6.07, 6.45) is 1.81. The summed E-state index contributed by atoms with van der Waals surface area (Å²) in [7, 11) is 0. The molecule has 2 nitrogen and oxygen atoms in total. The molecule has 1 N–H and O–H groups in total. The largest absolute Gasteiger partial charge is 0.328 e. The van der Waals surface area contributed by atoms with Crippen LogP contribution < -0.4 is 4.90 Å². The van der Waals surface area contributed by atoms with E-state index in [1.165, 1.54) is 0 Å². The summed E-state index contributed by atoms with van der Waals surface area (Å²) in [5, 5.41) is 8.98. The summed E-state index contributed by atoms with van der Waals surface area (Å²) in [4.78, 5) is 1.88. The van der Waals surface area contributed by atoms with Crippen LogP contribution in [0.1, 0.15) is 12.8 Å². The summed E-state index contributed by atoms with van der Waals surface area (Å²) in [6, 6.07) is 5.41. The van der Waals surface area contributed by atoms with Gasteiger partial charge in [0.05, 0.1) is 15.7 Å². The van der Waals surface area contributed by atoms with Crippen molar-refractivity contribution in [3.05, 3.63) is 28.2 Å². The first-order valence-electron chi connectivity index (χ1n) is 4.49. The zero-order valence-corrected chi connectivity index (χ0v) is 9.07. The van der Waals surface area contributed by atoms with E-state index in [-0.39, 0.29) is 0 Å². The Balaban J connectivity index is 2.44. The fourth-order valence-electron chi connectivity index (χ4n) is 1.67. The second-order valence-electron chi connectivity index (χ2n) is 3.27. The first kappa shape index (κ1) is 9.81. The van der Waals surface area contributed by atoms with Crippen LogP contribution in [-0.2, 0) is 0 Å². The predicted octanol–water partition coefficient (Wildman–Crippen LogP) is 3.57. The highest BCUT2D eigenvalue weighted by Crippen LogP contribution is 2.35. The Kier molecular flexibility index (Phi) is 2.66. The van der Waals surface area contributed by atoms with E-state index < -0.39 is 0 Å². The molecule has 1 aliphatic heterocycles. The second-order valence-corrected chi connectivity index (χ2v) is 4.09. The summed E-state index contributed by atoms with van der Waals surface area (Å²) in [5.41, 5.74) is 0.776. The molecule has 74 valence electrons.